The van der Waals surface area contributed by atoms with Gasteiger partial charge in [-0.25, -0.2) is 13.8 Å². The maximum Gasteiger partial charge on any atom is 0.417 e. The minimum absolute atomic E-state index is 0.0705. The number of nitrogens with one attached hydrogen (secondary N) is 3. The van der Waals surface area contributed by atoms with Crippen molar-refractivity contribution in [3.8, 4) is 17.1 Å². The number of para-hydroxylation sites is 1. The van der Waals surface area contributed by atoms with Crippen molar-refractivity contribution in [3.05, 3.63) is 88.8 Å². The highest BCUT2D eigenvalue weighted by molar-refractivity contribution is 5.79. The third-order valence-electron chi connectivity index (χ3n) is 7.21. The van der Waals surface area contributed by atoms with Gasteiger partial charge in [0.25, 0.3) is 0 Å². The lowest BCUT2D eigenvalue weighted by Gasteiger charge is -2.23. The molecule has 2 aromatic heterocycles. The summed E-state index contributed by atoms with van der Waals surface area (Å²) in [7, 11) is 0. The van der Waals surface area contributed by atoms with Crippen LogP contribution in [0.5, 0.6) is 5.88 Å². The summed E-state index contributed by atoms with van der Waals surface area (Å²) in [5, 5.41) is 10.3. The Hall–Kier alpha value is -4.45. The molecule has 0 aliphatic carbocycles. The molecule has 0 saturated carbocycles. The van der Waals surface area contributed by atoms with Crippen molar-refractivity contribution < 1.29 is 26.7 Å². The van der Waals surface area contributed by atoms with Crippen LogP contribution >= 0.6 is 0 Å². The molecular weight excluding hydrogens is 567 g/mol. The molecule has 12 heteroatoms. The van der Waals surface area contributed by atoms with Gasteiger partial charge in [-0.15, -0.1) is 0 Å². The molecule has 0 amide bonds. The molecule has 0 radical (unpaired) electrons. The van der Waals surface area contributed by atoms with Crippen LogP contribution in [0.2, 0.25) is 0 Å². The first-order chi connectivity index (χ1) is 20.4. The predicted octanol–water partition coefficient (Wildman–Crippen LogP) is 6.46. The number of benzene rings is 2. The van der Waals surface area contributed by atoms with Crippen molar-refractivity contribution in [2.45, 2.75) is 45.6 Å². The summed E-state index contributed by atoms with van der Waals surface area (Å²) < 4.78 is 80.2. The van der Waals surface area contributed by atoms with E-state index in [9.17, 15) is 17.6 Å². The normalized spacial score (nSPS) is 16.2. The summed E-state index contributed by atoms with van der Waals surface area (Å²) in [4.78, 5) is 8.73. The average Bonchev–Trinajstić information content (AvgIpc) is 2.97. The van der Waals surface area contributed by atoms with E-state index in [1.165, 1.54) is 0 Å². The Labute approximate surface area is 245 Å². The molecule has 1 aliphatic heterocycles. The van der Waals surface area contributed by atoms with Gasteiger partial charge in [0.15, 0.2) is 5.82 Å². The maximum atomic E-state index is 16.5. The van der Waals surface area contributed by atoms with Crippen molar-refractivity contribution >= 4 is 22.3 Å². The van der Waals surface area contributed by atoms with Gasteiger partial charge in [-0.3, -0.25) is 4.98 Å². The topological polar surface area (TPSA) is 97.1 Å². The first-order valence-corrected chi connectivity index (χ1v) is 13.7. The fourth-order valence-electron chi connectivity index (χ4n) is 5.17. The third-order valence-corrected chi connectivity index (χ3v) is 7.21. The minimum Gasteiger partial charge on any atom is -0.474 e. The van der Waals surface area contributed by atoms with Crippen LogP contribution in [0.3, 0.4) is 0 Å². The molecular formula is C31H31F5N6O. The van der Waals surface area contributed by atoms with Crippen molar-refractivity contribution in [1.82, 2.24) is 20.6 Å². The number of hydrogen-bond acceptors (Lipinski definition) is 7. The Kier molecular flexibility index (Phi) is 8.41. The van der Waals surface area contributed by atoms with Crippen LogP contribution in [0, 0.1) is 18.6 Å². The Morgan fingerprint density at radius 2 is 1.91 bits per heavy atom. The summed E-state index contributed by atoms with van der Waals surface area (Å²) in [5.41, 5.74) is 4.07. The Morgan fingerprint density at radius 1 is 1.14 bits per heavy atom. The molecule has 3 heterocycles. The number of rotatable bonds is 4. The number of nitrogens with zero attached hydrogens (tertiary/aromatic N) is 2. The van der Waals surface area contributed by atoms with Crippen LogP contribution in [0.4, 0.5) is 33.3 Å². The fourth-order valence-corrected chi connectivity index (χ4v) is 5.17. The molecule has 5 rings (SSSR count). The zero-order valence-electron chi connectivity index (χ0n) is 23.6. The summed E-state index contributed by atoms with van der Waals surface area (Å²) >= 11 is 0. The Bertz CT molecular complexity index is 1690. The van der Waals surface area contributed by atoms with E-state index in [1.807, 2.05) is 30.3 Å². The number of pyridine rings is 2. The highest BCUT2D eigenvalue weighted by Gasteiger charge is 2.39. The van der Waals surface area contributed by atoms with Crippen LogP contribution in [0.25, 0.3) is 22.2 Å². The number of hydrogen-bond donors (Lipinski definition) is 4. The molecule has 226 valence electrons. The monoisotopic (exact) mass is 598 g/mol. The Balaban J connectivity index is 1.69. The van der Waals surface area contributed by atoms with E-state index in [4.69, 9.17) is 10.5 Å². The highest BCUT2D eigenvalue weighted by Crippen LogP contribution is 2.44. The zero-order valence-corrected chi connectivity index (χ0v) is 23.6. The van der Waals surface area contributed by atoms with Gasteiger partial charge >= 0.3 is 6.18 Å². The lowest BCUT2D eigenvalue weighted by molar-refractivity contribution is -0.137. The first-order valence-electron chi connectivity index (χ1n) is 13.7. The van der Waals surface area contributed by atoms with E-state index >= 15 is 4.39 Å². The van der Waals surface area contributed by atoms with Gasteiger partial charge in [-0.05, 0) is 43.2 Å². The van der Waals surface area contributed by atoms with Crippen LogP contribution in [0.15, 0.2) is 54.9 Å². The van der Waals surface area contributed by atoms with Crippen molar-refractivity contribution in [3.63, 3.8) is 0 Å². The second-order valence-electron chi connectivity index (χ2n) is 10.5. The molecule has 0 saturated heterocycles. The summed E-state index contributed by atoms with van der Waals surface area (Å²) in [6.07, 6.45) is -3.53. The van der Waals surface area contributed by atoms with Crippen LogP contribution in [-0.4, -0.2) is 29.2 Å². The molecule has 2 aromatic carbocycles. The number of nitrogens with two attached hydrogens (primary N) is 1. The first kappa shape index (κ1) is 30.0. The summed E-state index contributed by atoms with van der Waals surface area (Å²) in [6.45, 7) is 7.90. The average molecular weight is 599 g/mol. The van der Waals surface area contributed by atoms with Gasteiger partial charge < -0.3 is 26.4 Å². The molecule has 7 nitrogen and oxygen atoms in total. The number of ether oxygens (including phenoxy) is 1. The molecule has 0 spiro atoms. The van der Waals surface area contributed by atoms with Gasteiger partial charge in [0, 0.05) is 55.4 Å². The largest absolute Gasteiger partial charge is 0.474 e. The highest BCUT2D eigenvalue weighted by atomic mass is 19.4. The number of nitrogen functional groups attached to an aromatic ring is 1. The van der Waals surface area contributed by atoms with Crippen molar-refractivity contribution in [2.24, 2.45) is 0 Å². The van der Waals surface area contributed by atoms with Crippen LogP contribution in [0.1, 0.15) is 35.6 Å². The van der Waals surface area contributed by atoms with Gasteiger partial charge in [0.05, 0.1) is 28.0 Å². The smallest absolute Gasteiger partial charge is 0.417 e. The SMILES string of the molecule is C=C1CC(C)Oc2nc(-c3cc(N)c(F)c(C)c3C(F)(F)F)c(F)c(NCc3cnc4ccccc4c3)c2CNCCN1. The van der Waals surface area contributed by atoms with Gasteiger partial charge in [-0.2, -0.15) is 13.2 Å². The van der Waals surface area contributed by atoms with E-state index < -0.39 is 52.0 Å². The molecule has 5 N–H and O–H groups in total. The molecule has 1 aliphatic rings. The second kappa shape index (κ2) is 12.0. The van der Waals surface area contributed by atoms with E-state index in [-0.39, 0.29) is 30.2 Å². The van der Waals surface area contributed by atoms with Crippen molar-refractivity contribution in [1.29, 1.82) is 0 Å². The van der Waals surface area contributed by atoms with Gasteiger partial charge in [-0.1, -0.05) is 24.8 Å². The molecule has 4 aromatic rings. The lowest BCUT2D eigenvalue weighted by atomic mass is 9.95. The third kappa shape index (κ3) is 6.34. The summed E-state index contributed by atoms with van der Waals surface area (Å²) in [5.74, 6) is -2.35. The fraction of sp³-hybridized carbons (Fsp3) is 0.290. The van der Waals surface area contributed by atoms with E-state index in [1.54, 1.807) is 13.1 Å². The number of anilines is 2. The van der Waals surface area contributed by atoms with Crippen LogP contribution in [-0.2, 0) is 19.3 Å². The number of fused-ring (bicyclic) bond motifs is 2. The molecule has 1 atom stereocenters. The van der Waals surface area contributed by atoms with Crippen LogP contribution < -0.4 is 26.4 Å². The standard InChI is InChI=1S/C31H31F5N6O/c1-16-10-17(2)43-30-22(15-38-8-9-39-16)28(41-14-19-11-20-6-4-5-7-24(20)40-13-19)27(33)29(42-30)21-12-23(37)26(32)18(3)25(21)31(34,35)36/h4-7,11-13,17,38-39H,1,8-10,14-15,37H2,2-3H3,(H,41,42). The van der Waals surface area contributed by atoms with E-state index in [2.05, 4.69) is 32.5 Å². The quantitative estimate of drug-likeness (QED) is 0.158. The lowest BCUT2D eigenvalue weighted by Crippen LogP contribution is -2.27. The van der Waals surface area contributed by atoms with E-state index in [0.717, 1.165) is 23.9 Å². The molecule has 43 heavy (non-hydrogen) atoms. The molecule has 1 unspecified atom stereocenters. The maximum absolute atomic E-state index is 16.5. The number of halogens is 5. The number of aromatic nitrogens is 2. The summed E-state index contributed by atoms with van der Waals surface area (Å²) in [6, 6.07) is 10.1. The minimum atomic E-state index is -5.02. The second-order valence-corrected chi connectivity index (χ2v) is 10.5. The van der Waals surface area contributed by atoms with E-state index in [0.29, 0.717) is 30.8 Å². The zero-order chi connectivity index (χ0) is 30.9. The molecule has 0 bridgehead atoms. The van der Waals surface area contributed by atoms with Gasteiger partial charge in [0.1, 0.15) is 17.6 Å². The van der Waals surface area contributed by atoms with Crippen molar-refractivity contribution in [2.75, 3.05) is 24.1 Å². The van der Waals surface area contributed by atoms with Gasteiger partial charge in [0.2, 0.25) is 5.88 Å². The molecule has 0 fully saturated rings. The number of alkyl halides is 3. The predicted molar refractivity (Wildman–Crippen MR) is 156 cm³/mol. The Morgan fingerprint density at radius 3 is 2.67 bits per heavy atom.